The minimum atomic E-state index is -3.95. The van der Waals surface area contributed by atoms with Gasteiger partial charge in [-0.25, -0.2) is 22.0 Å². The molecule has 0 saturated heterocycles. The number of nitrogens with one attached hydrogen (secondary N) is 1. The largest absolute Gasteiger partial charge is 0.380 e. The number of ether oxygens (including phenoxy) is 1. The molecule has 0 aliphatic carbocycles. The van der Waals surface area contributed by atoms with Crippen LogP contribution in [-0.2, 0) is 31.3 Å². The molecule has 0 spiro atoms. The van der Waals surface area contributed by atoms with Gasteiger partial charge >= 0.3 is 0 Å². The van der Waals surface area contributed by atoms with Crippen molar-refractivity contribution in [2.75, 3.05) is 17.9 Å². The molecule has 4 aromatic rings. The lowest BCUT2D eigenvalue weighted by Gasteiger charge is -2.11. The summed E-state index contributed by atoms with van der Waals surface area (Å²) in [4.78, 5) is 17.9. The van der Waals surface area contributed by atoms with Crippen LogP contribution >= 0.6 is 11.3 Å². The van der Waals surface area contributed by atoms with Crippen molar-refractivity contribution >= 4 is 53.2 Å². The number of hydrogen-bond donors (Lipinski definition) is 2. The zero-order valence-corrected chi connectivity index (χ0v) is 23.1. The van der Waals surface area contributed by atoms with E-state index in [1.54, 1.807) is 34.9 Å². The van der Waals surface area contributed by atoms with Crippen LogP contribution in [0, 0.1) is 6.92 Å². The maximum Gasteiger partial charge on any atom is 0.281 e. The maximum absolute atomic E-state index is 13.3. The molecule has 13 heteroatoms. The fourth-order valence-electron chi connectivity index (χ4n) is 3.66. The summed E-state index contributed by atoms with van der Waals surface area (Å²) in [5.41, 5.74) is 1.71. The second-order valence-corrected chi connectivity index (χ2v) is 12.5. The van der Waals surface area contributed by atoms with Gasteiger partial charge in [-0.15, -0.1) is 0 Å². The van der Waals surface area contributed by atoms with Gasteiger partial charge in [-0.2, -0.15) is 4.99 Å². The van der Waals surface area contributed by atoms with Crippen LogP contribution < -0.4 is 14.7 Å². The number of hydrogen-bond acceptors (Lipinski definition) is 7. The van der Waals surface area contributed by atoms with Crippen LogP contribution in [0.25, 0.3) is 10.2 Å². The van der Waals surface area contributed by atoms with Gasteiger partial charge in [0, 0.05) is 13.2 Å². The summed E-state index contributed by atoms with van der Waals surface area (Å²) >= 11 is 1.11. The van der Waals surface area contributed by atoms with Crippen molar-refractivity contribution in [1.82, 2.24) is 4.57 Å². The number of rotatable bonds is 9. The molecular weight excluding hydrogens is 548 g/mol. The predicted octanol–water partition coefficient (Wildman–Crippen LogP) is 3.24. The van der Waals surface area contributed by atoms with E-state index in [1.807, 2.05) is 13.8 Å². The lowest BCUT2D eigenvalue weighted by atomic mass is 10.2. The Bertz CT molecular complexity index is 1770. The summed E-state index contributed by atoms with van der Waals surface area (Å²) in [6.45, 7) is 4.91. The molecule has 200 valence electrons. The lowest BCUT2D eigenvalue weighted by Crippen LogP contribution is -2.20. The summed E-state index contributed by atoms with van der Waals surface area (Å²) in [5, 5.41) is 5.28. The predicted molar refractivity (Wildman–Crippen MR) is 146 cm³/mol. The fraction of sp³-hybridized carbons (Fsp3) is 0.200. The molecule has 0 radical (unpaired) electrons. The Labute approximate surface area is 224 Å². The molecule has 10 nitrogen and oxygen atoms in total. The number of anilines is 1. The van der Waals surface area contributed by atoms with Crippen molar-refractivity contribution in [3.8, 4) is 0 Å². The van der Waals surface area contributed by atoms with E-state index >= 15 is 0 Å². The quantitative estimate of drug-likeness (QED) is 0.293. The standard InChI is InChI=1S/C25H26N4O6S3/c1-3-35-15-14-29-22-13-12-19(37(26,31)32)16-23(22)36-25(29)27-24(30)20-6-4-5-7-21(20)28-38(33,34)18-10-8-17(2)9-11-18/h4-13,16,28H,3,14-15H2,1-2H3,(H2,26,31,32). The second kappa shape index (κ2) is 11.2. The van der Waals surface area contributed by atoms with Crippen LogP contribution in [0.2, 0.25) is 0 Å². The number of thiazole rings is 1. The van der Waals surface area contributed by atoms with Gasteiger partial charge in [0.05, 0.1) is 37.9 Å². The topological polar surface area (TPSA) is 150 Å². The van der Waals surface area contributed by atoms with Crippen LogP contribution in [0.1, 0.15) is 22.8 Å². The third-order valence-electron chi connectivity index (χ3n) is 5.58. The average molecular weight is 575 g/mol. The summed E-state index contributed by atoms with van der Waals surface area (Å²) in [6, 6.07) is 17.0. The minimum absolute atomic E-state index is 0.0576. The SMILES string of the molecule is CCOCCn1c(=NC(=O)c2ccccc2NS(=O)(=O)c2ccc(C)cc2)sc2cc(S(N)(=O)=O)ccc21. The number of benzene rings is 3. The first-order chi connectivity index (χ1) is 18.0. The number of primary sulfonamides is 1. The first kappa shape index (κ1) is 27.7. The Kier molecular flexibility index (Phi) is 8.13. The first-order valence-corrected chi connectivity index (χ1v) is 15.4. The Balaban J connectivity index is 1.76. The van der Waals surface area contributed by atoms with Crippen LogP contribution in [0.4, 0.5) is 5.69 Å². The molecule has 4 rings (SSSR count). The van der Waals surface area contributed by atoms with Gasteiger partial charge < -0.3 is 9.30 Å². The van der Waals surface area contributed by atoms with Gasteiger partial charge in [0.1, 0.15) is 0 Å². The molecule has 0 unspecified atom stereocenters. The normalized spacial score (nSPS) is 12.7. The highest BCUT2D eigenvalue weighted by molar-refractivity contribution is 7.92. The number of nitrogens with two attached hydrogens (primary N) is 1. The van der Waals surface area contributed by atoms with Crippen LogP contribution in [0.3, 0.4) is 0 Å². The fourth-order valence-corrected chi connectivity index (χ4v) is 6.45. The van der Waals surface area contributed by atoms with E-state index in [0.29, 0.717) is 34.8 Å². The zero-order valence-electron chi connectivity index (χ0n) is 20.6. The number of fused-ring (bicyclic) bond motifs is 1. The van der Waals surface area contributed by atoms with Gasteiger partial charge in [-0.3, -0.25) is 9.52 Å². The van der Waals surface area contributed by atoms with Crippen LogP contribution in [0.5, 0.6) is 0 Å². The highest BCUT2D eigenvalue weighted by Crippen LogP contribution is 2.23. The van der Waals surface area contributed by atoms with Crippen molar-refractivity contribution in [2.45, 2.75) is 30.2 Å². The monoisotopic (exact) mass is 574 g/mol. The molecule has 38 heavy (non-hydrogen) atoms. The molecule has 3 N–H and O–H groups in total. The third kappa shape index (κ3) is 6.19. The first-order valence-electron chi connectivity index (χ1n) is 11.5. The van der Waals surface area contributed by atoms with E-state index in [2.05, 4.69) is 9.71 Å². The van der Waals surface area contributed by atoms with Crippen LogP contribution in [-0.4, -0.2) is 40.5 Å². The van der Waals surface area contributed by atoms with Crippen LogP contribution in [0.15, 0.2) is 81.5 Å². The Morgan fingerprint density at radius 1 is 1.03 bits per heavy atom. The molecule has 0 aliphatic rings. The molecule has 1 amide bonds. The number of aromatic nitrogens is 1. The van der Waals surface area contributed by atoms with E-state index in [-0.39, 0.29) is 21.0 Å². The average Bonchev–Trinajstić information content (AvgIpc) is 3.20. The Morgan fingerprint density at radius 2 is 1.71 bits per heavy atom. The number of sulfonamides is 2. The number of nitrogens with zero attached hydrogens (tertiary/aromatic N) is 2. The van der Waals surface area contributed by atoms with Gasteiger partial charge in [0.2, 0.25) is 10.0 Å². The Hall–Kier alpha value is -3.36. The highest BCUT2D eigenvalue weighted by Gasteiger charge is 2.19. The molecular formula is C25H26N4O6S3. The van der Waals surface area contributed by atoms with Gasteiger partial charge in [0.15, 0.2) is 4.80 Å². The number of carbonyl (C=O) groups excluding carboxylic acids is 1. The minimum Gasteiger partial charge on any atom is -0.380 e. The zero-order chi connectivity index (χ0) is 27.5. The molecule has 0 aliphatic heterocycles. The highest BCUT2D eigenvalue weighted by atomic mass is 32.2. The van der Waals surface area contributed by atoms with E-state index in [9.17, 15) is 21.6 Å². The van der Waals surface area contributed by atoms with E-state index < -0.39 is 26.0 Å². The molecule has 3 aromatic carbocycles. The Morgan fingerprint density at radius 3 is 2.39 bits per heavy atom. The molecule has 1 heterocycles. The maximum atomic E-state index is 13.3. The van der Waals surface area contributed by atoms with Crippen molar-refractivity contribution in [1.29, 1.82) is 0 Å². The lowest BCUT2D eigenvalue weighted by molar-refractivity contribution is 0.0997. The molecule has 0 bridgehead atoms. The molecule has 1 aromatic heterocycles. The van der Waals surface area contributed by atoms with Crippen molar-refractivity contribution in [2.24, 2.45) is 10.1 Å². The number of para-hydroxylation sites is 1. The summed E-state index contributed by atoms with van der Waals surface area (Å²) < 4.78 is 59.8. The smallest absolute Gasteiger partial charge is 0.281 e. The molecule has 0 fully saturated rings. The summed E-state index contributed by atoms with van der Waals surface area (Å²) in [6.07, 6.45) is 0. The molecule has 0 saturated carbocycles. The summed E-state index contributed by atoms with van der Waals surface area (Å²) in [7, 11) is -7.88. The van der Waals surface area contributed by atoms with Crippen molar-refractivity contribution in [3.63, 3.8) is 0 Å². The number of aryl methyl sites for hydroxylation is 1. The number of carbonyl (C=O) groups is 1. The van der Waals surface area contributed by atoms with E-state index in [1.165, 1.54) is 36.4 Å². The van der Waals surface area contributed by atoms with E-state index in [0.717, 1.165) is 16.9 Å². The van der Waals surface area contributed by atoms with Gasteiger partial charge in [-0.05, 0) is 56.3 Å². The number of amides is 1. The summed E-state index contributed by atoms with van der Waals surface area (Å²) in [5.74, 6) is -0.671. The second-order valence-electron chi connectivity index (χ2n) is 8.29. The van der Waals surface area contributed by atoms with Crippen molar-refractivity contribution < 1.29 is 26.4 Å². The van der Waals surface area contributed by atoms with Gasteiger partial charge in [-0.1, -0.05) is 41.2 Å². The third-order valence-corrected chi connectivity index (χ3v) is 8.91. The van der Waals surface area contributed by atoms with Gasteiger partial charge in [0.25, 0.3) is 15.9 Å². The van der Waals surface area contributed by atoms with Crippen molar-refractivity contribution in [3.05, 3.63) is 82.7 Å². The molecule has 0 atom stereocenters. The van der Waals surface area contributed by atoms with E-state index in [4.69, 9.17) is 9.88 Å².